The second-order valence-electron chi connectivity index (χ2n) is 3.40. The van der Waals surface area contributed by atoms with Gasteiger partial charge in [0.1, 0.15) is 10.9 Å². The lowest BCUT2D eigenvalue weighted by Crippen LogP contribution is -2.12. The summed E-state index contributed by atoms with van der Waals surface area (Å²) in [5.74, 6) is 0.848. The van der Waals surface area contributed by atoms with Gasteiger partial charge >= 0.3 is 6.09 Å². The normalized spacial score (nSPS) is 11.7. The number of amides is 1. The molecule has 0 bridgehead atoms. The van der Waals surface area contributed by atoms with Gasteiger partial charge in [-0.3, -0.25) is 10.2 Å². The second kappa shape index (κ2) is 5.50. The summed E-state index contributed by atoms with van der Waals surface area (Å²) in [5.41, 5.74) is 0. The van der Waals surface area contributed by atoms with Crippen molar-refractivity contribution >= 4 is 28.7 Å². The van der Waals surface area contributed by atoms with Crippen molar-refractivity contribution in [1.82, 2.24) is 5.16 Å². The maximum absolute atomic E-state index is 11.2. The summed E-state index contributed by atoms with van der Waals surface area (Å²) in [5, 5.41) is 9.53. The Morgan fingerprint density at radius 1 is 1.69 bits per heavy atom. The third kappa shape index (κ3) is 3.90. The second-order valence-corrected chi connectivity index (χ2v) is 3.78. The molecule has 1 heterocycles. The van der Waals surface area contributed by atoms with Crippen molar-refractivity contribution in [3.63, 3.8) is 0 Å². The van der Waals surface area contributed by atoms with Gasteiger partial charge in [0.25, 0.3) is 0 Å². The summed E-state index contributed by atoms with van der Waals surface area (Å²) in [6.07, 6.45) is -0.771. The van der Waals surface area contributed by atoms with Crippen molar-refractivity contribution in [3.8, 4) is 0 Å². The molecule has 6 nitrogen and oxygen atoms in total. The van der Waals surface area contributed by atoms with Gasteiger partial charge in [0.2, 0.25) is 0 Å². The Labute approximate surface area is 97.6 Å². The fourth-order valence-corrected chi connectivity index (χ4v) is 0.778. The molecule has 1 aromatic rings. The van der Waals surface area contributed by atoms with Crippen molar-refractivity contribution in [1.29, 1.82) is 0 Å². The number of aryl methyl sites for hydroxylation is 1. The molecule has 1 N–H and O–H groups in total. The summed E-state index contributed by atoms with van der Waals surface area (Å²) in [6, 6.07) is 1.55. The van der Waals surface area contributed by atoms with E-state index in [-0.39, 0.29) is 16.9 Å². The van der Waals surface area contributed by atoms with E-state index in [1.807, 2.05) is 13.8 Å². The SMILES string of the molecule is Cc1cc(NC(=O)O/N=C(/Cl)C(C)C)no1. The van der Waals surface area contributed by atoms with Crippen LogP contribution in [0.1, 0.15) is 19.6 Å². The van der Waals surface area contributed by atoms with Crippen LogP contribution in [0, 0.1) is 12.8 Å². The largest absolute Gasteiger partial charge is 0.439 e. The number of halogens is 1. The molecule has 0 aliphatic carbocycles. The number of nitrogens with zero attached hydrogens (tertiary/aromatic N) is 2. The van der Waals surface area contributed by atoms with Crippen LogP contribution in [0.3, 0.4) is 0 Å². The van der Waals surface area contributed by atoms with Crippen molar-refractivity contribution in [3.05, 3.63) is 11.8 Å². The molecule has 0 aliphatic rings. The topological polar surface area (TPSA) is 76.7 Å². The lowest BCUT2D eigenvalue weighted by molar-refractivity contribution is 0.166. The number of oxime groups is 1. The van der Waals surface area contributed by atoms with Crippen LogP contribution < -0.4 is 5.32 Å². The Kier molecular flexibility index (Phi) is 4.30. The van der Waals surface area contributed by atoms with Gasteiger partial charge in [-0.25, -0.2) is 4.79 Å². The van der Waals surface area contributed by atoms with Crippen LogP contribution in [0.2, 0.25) is 0 Å². The monoisotopic (exact) mass is 245 g/mol. The van der Waals surface area contributed by atoms with Crippen molar-refractivity contribution in [2.45, 2.75) is 20.8 Å². The summed E-state index contributed by atoms with van der Waals surface area (Å²) in [4.78, 5) is 15.7. The van der Waals surface area contributed by atoms with E-state index in [0.717, 1.165) is 0 Å². The van der Waals surface area contributed by atoms with E-state index in [0.29, 0.717) is 5.76 Å². The molecule has 1 rings (SSSR count). The molecule has 0 spiro atoms. The number of rotatable bonds is 3. The summed E-state index contributed by atoms with van der Waals surface area (Å²) in [6.45, 7) is 5.36. The molecule has 0 fully saturated rings. The first-order valence-electron chi connectivity index (χ1n) is 4.63. The predicted molar refractivity (Wildman–Crippen MR) is 59.5 cm³/mol. The van der Waals surface area contributed by atoms with Gasteiger partial charge in [-0.15, -0.1) is 0 Å². The highest BCUT2D eigenvalue weighted by Crippen LogP contribution is 2.08. The Morgan fingerprint density at radius 3 is 2.88 bits per heavy atom. The highest BCUT2D eigenvalue weighted by atomic mass is 35.5. The van der Waals surface area contributed by atoms with Gasteiger partial charge in [-0.05, 0) is 6.92 Å². The van der Waals surface area contributed by atoms with Crippen LogP contribution >= 0.6 is 11.6 Å². The standard InChI is InChI=1S/C9H12ClN3O3/c1-5(2)8(10)13-16-9(14)11-7-4-6(3)15-12-7/h4-5H,1-3H3,(H,11,12,14)/b13-8+. The molecule has 0 atom stereocenters. The number of aromatic nitrogens is 1. The molecule has 0 radical (unpaired) electrons. The maximum atomic E-state index is 11.2. The fourth-order valence-electron chi connectivity index (χ4n) is 0.743. The van der Waals surface area contributed by atoms with Gasteiger partial charge in [-0.1, -0.05) is 35.8 Å². The van der Waals surface area contributed by atoms with Crippen molar-refractivity contribution in [2.75, 3.05) is 5.32 Å². The van der Waals surface area contributed by atoms with E-state index < -0.39 is 6.09 Å². The van der Waals surface area contributed by atoms with E-state index >= 15 is 0 Å². The minimum absolute atomic E-state index is 0.00348. The van der Waals surface area contributed by atoms with E-state index in [4.69, 9.17) is 16.1 Å². The molecule has 16 heavy (non-hydrogen) atoms. The quantitative estimate of drug-likeness (QED) is 0.505. The molecule has 88 valence electrons. The molecule has 0 aliphatic heterocycles. The zero-order chi connectivity index (χ0) is 12.1. The van der Waals surface area contributed by atoms with Crippen LogP contribution in [-0.2, 0) is 4.84 Å². The number of nitrogens with one attached hydrogen (secondary N) is 1. The van der Waals surface area contributed by atoms with Crippen LogP contribution in [0.15, 0.2) is 15.7 Å². The van der Waals surface area contributed by atoms with Crippen LogP contribution in [0.5, 0.6) is 0 Å². The number of hydrogen-bond acceptors (Lipinski definition) is 5. The average molecular weight is 246 g/mol. The first kappa shape index (κ1) is 12.5. The lowest BCUT2D eigenvalue weighted by Gasteiger charge is -2.01. The van der Waals surface area contributed by atoms with E-state index in [9.17, 15) is 4.79 Å². The molecular formula is C9H12ClN3O3. The Balaban J connectivity index is 2.45. The summed E-state index contributed by atoms with van der Waals surface area (Å²) in [7, 11) is 0. The average Bonchev–Trinajstić information content (AvgIpc) is 2.60. The fraction of sp³-hybridized carbons (Fsp3) is 0.444. The minimum Gasteiger partial charge on any atom is -0.360 e. The lowest BCUT2D eigenvalue weighted by atomic mass is 10.2. The molecular weight excluding hydrogens is 234 g/mol. The van der Waals surface area contributed by atoms with Crippen molar-refractivity contribution in [2.24, 2.45) is 11.1 Å². The van der Waals surface area contributed by atoms with Gasteiger partial charge in [0.05, 0.1) is 0 Å². The molecule has 0 saturated heterocycles. The number of carbonyl (C=O) groups excluding carboxylic acids is 1. The molecule has 0 aromatic carbocycles. The highest BCUT2D eigenvalue weighted by molar-refractivity contribution is 6.65. The van der Waals surface area contributed by atoms with Gasteiger partial charge in [0, 0.05) is 12.0 Å². The van der Waals surface area contributed by atoms with E-state index in [1.165, 1.54) is 0 Å². The molecule has 7 heteroatoms. The van der Waals surface area contributed by atoms with E-state index in [2.05, 4.69) is 20.5 Å². The third-order valence-corrected chi connectivity index (χ3v) is 2.06. The molecule has 1 amide bonds. The molecule has 1 aromatic heterocycles. The predicted octanol–water partition coefficient (Wildman–Crippen LogP) is 2.74. The molecule has 0 saturated carbocycles. The van der Waals surface area contributed by atoms with Crippen LogP contribution in [0.25, 0.3) is 0 Å². The Hall–Kier alpha value is -1.56. The van der Waals surface area contributed by atoms with Gasteiger partial charge in [0.15, 0.2) is 5.82 Å². The van der Waals surface area contributed by atoms with Gasteiger partial charge < -0.3 is 4.52 Å². The summed E-state index contributed by atoms with van der Waals surface area (Å²) >= 11 is 5.68. The number of carbonyl (C=O) groups is 1. The first-order valence-corrected chi connectivity index (χ1v) is 5.01. The number of hydrogen-bond donors (Lipinski definition) is 1. The van der Waals surface area contributed by atoms with Crippen molar-refractivity contribution < 1.29 is 14.2 Å². The van der Waals surface area contributed by atoms with Gasteiger partial charge in [-0.2, -0.15) is 0 Å². The zero-order valence-corrected chi connectivity index (χ0v) is 9.91. The van der Waals surface area contributed by atoms with Crippen LogP contribution in [0.4, 0.5) is 10.6 Å². The van der Waals surface area contributed by atoms with Crippen LogP contribution in [-0.4, -0.2) is 16.4 Å². The van der Waals surface area contributed by atoms with E-state index in [1.54, 1.807) is 13.0 Å². The third-order valence-electron chi connectivity index (χ3n) is 1.55. The smallest absolute Gasteiger partial charge is 0.360 e. The number of anilines is 1. The zero-order valence-electron chi connectivity index (χ0n) is 9.15. The first-order chi connectivity index (χ1) is 7.49. The minimum atomic E-state index is -0.771. The Morgan fingerprint density at radius 2 is 2.38 bits per heavy atom. The highest BCUT2D eigenvalue weighted by Gasteiger charge is 2.08. The summed E-state index contributed by atoms with van der Waals surface area (Å²) < 4.78 is 4.75. The maximum Gasteiger partial charge on any atom is 0.439 e. The Bertz CT molecular complexity index is 400. The molecule has 0 unspecified atom stereocenters.